The second-order valence-corrected chi connectivity index (χ2v) is 18.0. The largest absolute Gasteiger partial charge is 0.472 e. The van der Waals surface area contributed by atoms with Gasteiger partial charge >= 0.3 is 34.8 Å². The molecule has 7 rings (SSSR count). The number of anilines is 3. The SMILES string of the molecule is Nc1ccn([C@@H]2O[C@H](COP(=O)(O)O[C@H]3[C@@H](O)[C@H](n4ccc(N)nc4=O)O[C@@H]3COP(=O)(O)O[C@H]3[C@@H](O)[C@H](n4cnc5c(=O)[nH]c(N)nc54)O[C@@H]3COP(=O)(O)O)[C@@H](O)[C@H]2O)c(=O)n1. The molecule has 14 atom stereocenters. The number of ether oxygens (including phenoxy) is 3. The highest BCUT2D eigenvalue weighted by molar-refractivity contribution is 7.47. The number of aromatic amines is 1. The summed E-state index contributed by atoms with van der Waals surface area (Å²) in [6.07, 6.45) is -19.3. The van der Waals surface area contributed by atoms with Gasteiger partial charge in [0.15, 0.2) is 29.8 Å². The number of hydrogen-bond acceptors (Lipinski definition) is 25. The summed E-state index contributed by atoms with van der Waals surface area (Å²) >= 11 is 0. The van der Waals surface area contributed by atoms with Gasteiger partial charge in [0.25, 0.3) is 5.56 Å². The van der Waals surface area contributed by atoms with Gasteiger partial charge in [-0.15, -0.1) is 0 Å². The lowest BCUT2D eigenvalue weighted by molar-refractivity contribution is -0.0640. The van der Waals surface area contributed by atoms with Crippen molar-refractivity contribution in [3.8, 4) is 0 Å². The van der Waals surface area contributed by atoms with Crippen molar-refractivity contribution in [1.29, 1.82) is 0 Å². The first-order chi connectivity index (χ1) is 29.9. The average Bonchev–Trinajstić information content (AvgIpc) is 3.92. The van der Waals surface area contributed by atoms with Crippen LogP contribution in [-0.4, -0.2) is 153 Å². The Morgan fingerprint density at radius 3 is 1.59 bits per heavy atom. The van der Waals surface area contributed by atoms with Crippen molar-refractivity contribution in [2.75, 3.05) is 37.0 Å². The van der Waals surface area contributed by atoms with Crippen LogP contribution < -0.4 is 34.1 Å². The predicted octanol–water partition coefficient (Wildman–Crippen LogP) is -5.37. The first-order valence-corrected chi connectivity index (χ1v) is 22.6. The predicted molar refractivity (Wildman–Crippen MR) is 203 cm³/mol. The van der Waals surface area contributed by atoms with Gasteiger partial charge in [-0.1, -0.05) is 0 Å². The molecule has 64 heavy (non-hydrogen) atoms. The molecule has 0 radical (unpaired) electrons. The maximum Gasteiger partial charge on any atom is 0.472 e. The first kappa shape index (κ1) is 47.5. The fourth-order valence-corrected chi connectivity index (χ4v) is 9.04. The molecular formula is C28H38N11O22P3. The van der Waals surface area contributed by atoms with Crippen LogP contribution in [0.15, 0.2) is 45.2 Å². The van der Waals surface area contributed by atoms with E-state index in [4.69, 9.17) is 49.5 Å². The van der Waals surface area contributed by atoms with Gasteiger partial charge in [0.05, 0.1) is 26.1 Å². The molecular weight excluding hydrogens is 935 g/mol. The Hall–Kier alpha value is -4.44. The Kier molecular flexibility index (Phi) is 13.4. The molecule has 3 fully saturated rings. The number of nitrogens with one attached hydrogen (secondary N) is 1. The third-order valence-electron chi connectivity index (χ3n) is 9.65. The molecule has 4 aromatic rings. The van der Waals surface area contributed by atoms with Crippen molar-refractivity contribution in [2.24, 2.45) is 0 Å². The maximum absolute atomic E-state index is 13.5. The van der Waals surface area contributed by atoms with Crippen LogP contribution in [0.4, 0.5) is 17.6 Å². The zero-order valence-corrected chi connectivity index (χ0v) is 34.6. The zero-order chi connectivity index (χ0) is 46.6. The topological polar surface area (TPSA) is 498 Å². The maximum atomic E-state index is 13.5. The number of rotatable bonds is 16. The molecule has 33 nitrogen and oxygen atoms in total. The second kappa shape index (κ2) is 18.1. The summed E-state index contributed by atoms with van der Waals surface area (Å²) in [6, 6.07) is 2.30. The number of nitrogens with two attached hydrogens (primary N) is 3. The minimum absolute atomic E-state index is 0.163. The first-order valence-electron chi connectivity index (χ1n) is 18.0. The smallest absolute Gasteiger partial charge is 0.387 e. The van der Waals surface area contributed by atoms with Gasteiger partial charge < -0.3 is 71.4 Å². The minimum atomic E-state index is -5.57. The fourth-order valence-electron chi connectivity index (χ4n) is 6.77. The summed E-state index contributed by atoms with van der Waals surface area (Å²) < 4.78 is 82.5. The Balaban J connectivity index is 1.08. The molecule has 15 N–H and O–H groups in total. The highest BCUT2D eigenvalue weighted by atomic mass is 31.2. The fraction of sp³-hybridized carbons (Fsp3) is 0.536. The minimum Gasteiger partial charge on any atom is -0.387 e. The van der Waals surface area contributed by atoms with E-state index in [-0.39, 0.29) is 28.7 Å². The Labute approximate surface area is 353 Å². The number of fused-ring (bicyclic) bond motifs is 1. The molecule has 4 aromatic heterocycles. The van der Waals surface area contributed by atoms with E-state index < -0.39 is 134 Å². The Bertz CT molecular complexity index is 2700. The molecule has 0 aliphatic carbocycles. The summed E-state index contributed by atoms with van der Waals surface area (Å²) in [4.78, 5) is 94.7. The summed E-state index contributed by atoms with van der Waals surface area (Å²) in [5.41, 5.74) is 13.2. The lowest BCUT2D eigenvalue weighted by Gasteiger charge is -2.26. The number of aliphatic hydroxyl groups is 4. The number of imidazole rings is 1. The van der Waals surface area contributed by atoms with Crippen LogP contribution in [-0.2, 0) is 50.5 Å². The number of phosphoric ester groups is 3. The van der Waals surface area contributed by atoms with Gasteiger partial charge in [-0.05, 0) is 12.1 Å². The zero-order valence-electron chi connectivity index (χ0n) is 31.9. The van der Waals surface area contributed by atoms with Crippen molar-refractivity contribution >= 4 is 52.2 Å². The molecule has 2 unspecified atom stereocenters. The molecule has 0 spiro atoms. The van der Waals surface area contributed by atoms with Crippen LogP contribution in [0.2, 0.25) is 0 Å². The van der Waals surface area contributed by atoms with Crippen molar-refractivity contribution in [3.05, 3.63) is 62.2 Å². The normalized spacial score (nSPS) is 31.6. The summed E-state index contributed by atoms with van der Waals surface area (Å²) in [6.45, 7) is -3.30. The van der Waals surface area contributed by atoms with E-state index in [1.165, 1.54) is 6.07 Å². The number of nitrogens with zero attached hydrogens (tertiary/aromatic N) is 7. The third-order valence-corrected chi connectivity index (χ3v) is 12.1. The Morgan fingerprint density at radius 2 is 1.09 bits per heavy atom. The van der Waals surface area contributed by atoms with Gasteiger partial charge in [-0.2, -0.15) is 15.0 Å². The van der Waals surface area contributed by atoms with E-state index in [9.17, 15) is 68.1 Å². The van der Waals surface area contributed by atoms with Gasteiger partial charge in [-0.25, -0.2) is 28.3 Å². The molecule has 0 bridgehead atoms. The standard InChI is InChI=1S/C28H38N11O22P3/c29-12-1-3-37(27(45)33-12)23-16(41)15(40)9(57-23)5-55-63(50,51)61-20-11(58-24(17(20)42)38-4-2-13(30)34-28(38)46)7-56-64(52,53)60-19-10(6-54-62(47,48)49)59-25(18(19)43)39-8-32-14-21(39)35-26(31)36-22(14)44/h1-4,8-11,15-20,23-25,40-43H,5-7H2,(H,50,51)(H,52,53)(H2,29,33,45)(H2,30,34,46)(H2,47,48,49)(H3,31,35,36,44)/t9-,10-,11-,15-,16-,17-,18-,19-,20-,23-,24-,25-/m1/s1. The van der Waals surface area contributed by atoms with Gasteiger partial charge in [0, 0.05) is 12.4 Å². The molecule has 0 amide bonds. The van der Waals surface area contributed by atoms with Crippen LogP contribution in [0.1, 0.15) is 18.7 Å². The van der Waals surface area contributed by atoms with E-state index in [1.807, 2.05) is 0 Å². The Morgan fingerprint density at radius 1 is 0.641 bits per heavy atom. The highest BCUT2D eigenvalue weighted by Gasteiger charge is 2.53. The average molecular weight is 974 g/mol. The molecule has 7 heterocycles. The van der Waals surface area contributed by atoms with Crippen molar-refractivity contribution in [3.63, 3.8) is 0 Å². The number of aliphatic hydroxyl groups excluding tert-OH is 4. The van der Waals surface area contributed by atoms with Crippen molar-refractivity contribution < 1.29 is 90.5 Å². The summed E-state index contributed by atoms with van der Waals surface area (Å²) in [5, 5.41) is 43.7. The number of phosphoric acid groups is 3. The number of H-pyrrole nitrogens is 1. The number of aromatic nitrogens is 8. The molecule has 352 valence electrons. The summed E-state index contributed by atoms with van der Waals surface area (Å²) in [5.74, 6) is -0.805. The number of hydrogen-bond donors (Lipinski definition) is 12. The van der Waals surface area contributed by atoms with E-state index in [2.05, 4.69) is 29.4 Å². The van der Waals surface area contributed by atoms with Crippen LogP contribution in [0.3, 0.4) is 0 Å². The second-order valence-electron chi connectivity index (χ2n) is 14.0. The lowest BCUT2D eigenvalue weighted by Crippen LogP contribution is -2.38. The highest BCUT2D eigenvalue weighted by Crippen LogP contribution is 2.52. The van der Waals surface area contributed by atoms with Crippen LogP contribution in [0.25, 0.3) is 11.2 Å². The quantitative estimate of drug-likeness (QED) is 0.0466. The molecule has 3 aliphatic rings. The molecule has 0 saturated carbocycles. The number of nitrogen functional groups attached to an aromatic ring is 3. The monoisotopic (exact) mass is 973 g/mol. The van der Waals surface area contributed by atoms with Gasteiger partial charge in [0.2, 0.25) is 5.95 Å². The van der Waals surface area contributed by atoms with Crippen LogP contribution in [0, 0.1) is 0 Å². The van der Waals surface area contributed by atoms with Crippen LogP contribution >= 0.6 is 23.5 Å². The van der Waals surface area contributed by atoms with Gasteiger partial charge in [0.1, 0.15) is 66.6 Å². The lowest BCUT2D eigenvalue weighted by atomic mass is 10.1. The van der Waals surface area contributed by atoms with Gasteiger partial charge in [-0.3, -0.25) is 46.1 Å². The van der Waals surface area contributed by atoms with Crippen molar-refractivity contribution in [2.45, 2.75) is 73.6 Å². The van der Waals surface area contributed by atoms with E-state index in [1.54, 1.807) is 0 Å². The van der Waals surface area contributed by atoms with Crippen LogP contribution in [0.5, 0.6) is 0 Å². The molecule has 36 heteroatoms. The summed E-state index contributed by atoms with van der Waals surface area (Å²) in [7, 11) is -16.3. The van der Waals surface area contributed by atoms with E-state index in [0.717, 1.165) is 33.9 Å². The molecule has 0 aromatic carbocycles. The molecule has 3 saturated heterocycles. The van der Waals surface area contributed by atoms with Crippen molar-refractivity contribution in [1.82, 2.24) is 38.6 Å². The van der Waals surface area contributed by atoms with E-state index >= 15 is 0 Å². The third kappa shape index (κ3) is 10.2. The molecule has 3 aliphatic heterocycles. The van der Waals surface area contributed by atoms with E-state index in [0.29, 0.717) is 4.57 Å².